The van der Waals surface area contributed by atoms with Gasteiger partial charge in [0.1, 0.15) is 11.6 Å². The van der Waals surface area contributed by atoms with E-state index in [-0.39, 0.29) is 34.4 Å². The molecule has 4 fully saturated rings. The number of thiocarbonyl (C=S) groups is 2. The zero-order valence-corrected chi connectivity index (χ0v) is 31.6. The molecule has 0 bridgehead atoms. The van der Waals surface area contributed by atoms with Gasteiger partial charge in [-0.2, -0.15) is 10.2 Å². The summed E-state index contributed by atoms with van der Waals surface area (Å²) in [5.74, 6) is 1.99. The van der Waals surface area contributed by atoms with E-state index in [0.29, 0.717) is 57.6 Å². The van der Waals surface area contributed by atoms with Crippen LogP contribution in [0.2, 0.25) is 0 Å². The van der Waals surface area contributed by atoms with Crippen molar-refractivity contribution in [3.05, 3.63) is 60.2 Å². The second-order valence-corrected chi connectivity index (χ2v) is 16.4. The van der Waals surface area contributed by atoms with Gasteiger partial charge in [-0.05, 0) is 159 Å². The zero-order valence-electron chi connectivity index (χ0n) is 29.9. The Hall–Kier alpha value is -3.51. The smallest absolute Gasteiger partial charge is 0.305 e. The Labute approximate surface area is 311 Å². The highest BCUT2D eigenvalue weighted by Gasteiger charge is 2.62. The van der Waals surface area contributed by atoms with Gasteiger partial charge in [0.05, 0.1) is 7.11 Å². The Morgan fingerprint density at radius 3 is 2.16 bits per heavy atom. The first-order chi connectivity index (χ1) is 24.4. The third kappa shape index (κ3) is 8.11. The molecule has 0 aromatic heterocycles. The summed E-state index contributed by atoms with van der Waals surface area (Å²) in [6.07, 6.45) is 9.54. The number of hydrogen-bond donors (Lipinski definition) is 4. The summed E-state index contributed by atoms with van der Waals surface area (Å²) in [5.41, 5.74) is 9.58. The van der Waals surface area contributed by atoms with Gasteiger partial charge >= 0.3 is 5.97 Å². The SMILES string of the molecule is COC(=O)CC[C@@H](C)[C@H]1CC[C@H]2[C@@H]3C/C(=N\NC(=S)Nc4cccc(F)c4)[C@@H]4C/C(=N/NC(=S)Nc5cccc(F)c5)CC[C@]4(C)[C@H]3CC[C@]12C. The Kier molecular flexibility index (Phi) is 11.4. The lowest BCUT2D eigenvalue weighted by molar-refractivity contribution is -0.141. The molecule has 0 spiro atoms. The molecule has 0 heterocycles. The molecule has 0 amide bonds. The minimum absolute atomic E-state index is 0.0241. The van der Waals surface area contributed by atoms with Crippen molar-refractivity contribution in [1.29, 1.82) is 0 Å². The number of ether oxygens (including phenoxy) is 1. The number of fused-ring (bicyclic) bond motifs is 5. The molecule has 0 unspecified atom stereocenters. The molecule has 274 valence electrons. The molecule has 0 radical (unpaired) electrons. The molecular weight excluding hydrogens is 687 g/mol. The first-order valence-corrected chi connectivity index (χ1v) is 19.0. The summed E-state index contributed by atoms with van der Waals surface area (Å²) in [5, 5.41) is 16.5. The highest BCUT2D eigenvalue weighted by Crippen LogP contribution is 2.67. The van der Waals surface area contributed by atoms with Crippen molar-refractivity contribution >= 4 is 63.4 Å². The van der Waals surface area contributed by atoms with E-state index in [4.69, 9.17) is 39.4 Å². The van der Waals surface area contributed by atoms with Crippen molar-refractivity contribution in [1.82, 2.24) is 10.9 Å². The van der Waals surface area contributed by atoms with Crippen LogP contribution in [0.5, 0.6) is 0 Å². The van der Waals surface area contributed by atoms with Gasteiger partial charge in [0.2, 0.25) is 0 Å². The van der Waals surface area contributed by atoms with Crippen LogP contribution in [-0.2, 0) is 9.53 Å². The molecule has 51 heavy (non-hydrogen) atoms. The lowest BCUT2D eigenvalue weighted by Crippen LogP contribution is -2.57. The zero-order chi connectivity index (χ0) is 36.3. The number of esters is 1. The van der Waals surface area contributed by atoms with E-state index in [9.17, 15) is 13.6 Å². The highest BCUT2D eigenvalue weighted by atomic mass is 32.1. The first-order valence-electron chi connectivity index (χ1n) is 18.2. The minimum atomic E-state index is -0.341. The fourth-order valence-corrected chi connectivity index (χ4v) is 10.8. The summed E-state index contributed by atoms with van der Waals surface area (Å²) >= 11 is 11.1. The van der Waals surface area contributed by atoms with E-state index in [0.717, 1.165) is 43.5 Å². The van der Waals surface area contributed by atoms with E-state index in [2.05, 4.69) is 42.3 Å². The number of carbonyl (C=O) groups excluding carboxylic acids is 1. The van der Waals surface area contributed by atoms with Gasteiger partial charge < -0.3 is 15.4 Å². The van der Waals surface area contributed by atoms with Crippen molar-refractivity contribution < 1.29 is 18.3 Å². The van der Waals surface area contributed by atoms with Crippen LogP contribution < -0.4 is 21.5 Å². The molecule has 8 atom stereocenters. The average Bonchev–Trinajstić information content (AvgIpc) is 3.46. The molecule has 12 heteroatoms. The molecule has 8 nitrogen and oxygen atoms in total. The van der Waals surface area contributed by atoms with Gasteiger partial charge in [0.15, 0.2) is 10.2 Å². The average molecular weight is 737 g/mol. The number of anilines is 2. The number of hydrogen-bond acceptors (Lipinski definition) is 6. The summed E-state index contributed by atoms with van der Waals surface area (Å²) in [6.45, 7) is 7.30. The molecule has 4 aliphatic rings. The molecule has 4 aliphatic carbocycles. The van der Waals surface area contributed by atoms with Gasteiger partial charge in [-0.25, -0.2) is 8.78 Å². The summed E-state index contributed by atoms with van der Waals surface area (Å²) < 4.78 is 32.5. The number of rotatable bonds is 8. The van der Waals surface area contributed by atoms with Gasteiger partial charge in [0.25, 0.3) is 0 Å². The topological polar surface area (TPSA) is 99.1 Å². The largest absolute Gasteiger partial charge is 0.469 e. The normalized spacial score (nSPS) is 31.8. The van der Waals surface area contributed by atoms with E-state index < -0.39 is 0 Å². The minimum Gasteiger partial charge on any atom is -0.469 e. The number of carbonyl (C=O) groups is 1. The van der Waals surface area contributed by atoms with Gasteiger partial charge in [-0.15, -0.1) is 0 Å². The van der Waals surface area contributed by atoms with Gasteiger partial charge in [-0.1, -0.05) is 32.9 Å². The van der Waals surface area contributed by atoms with E-state index in [1.165, 1.54) is 57.1 Å². The quantitative estimate of drug-likeness (QED) is 0.121. The first kappa shape index (κ1) is 37.3. The summed E-state index contributed by atoms with van der Waals surface area (Å²) in [7, 11) is 1.47. The Balaban J connectivity index is 1.22. The maximum absolute atomic E-state index is 13.9. The third-order valence-electron chi connectivity index (χ3n) is 12.9. The second kappa shape index (κ2) is 15.6. The lowest BCUT2D eigenvalue weighted by Gasteiger charge is -2.61. The molecule has 0 aliphatic heterocycles. The summed E-state index contributed by atoms with van der Waals surface area (Å²) in [6, 6.07) is 12.4. The monoisotopic (exact) mass is 736 g/mol. The van der Waals surface area contributed by atoms with Crippen molar-refractivity contribution in [2.45, 2.75) is 85.0 Å². The standard InChI is InChI=1S/C39H50F2N6O2S2/c1-23(11-14-35(48)49-4)30-12-13-31-29-22-34(45-47-37(51)43-27-10-6-8-25(41)20-27)33-21-28(15-17-39(33,3)32(29)16-18-38(30,31)2)44-46-36(50)42-26-9-5-7-24(40)19-26/h5-10,19-20,23,29-33H,11-18,21-22H2,1-4H3,(H2,42,46,50)(H2,43,47,51)/b44-28+,45-34+/t23-,29+,30-,31+,32+,33+,38-,39-/m1/s1. The Bertz CT molecular complexity index is 1700. The maximum atomic E-state index is 13.9. The van der Waals surface area contributed by atoms with E-state index >= 15 is 0 Å². The Morgan fingerprint density at radius 2 is 1.53 bits per heavy atom. The van der Waals surface area contributed by atoms with E-state index in [1.54, 1.807) is 24.3 Å². The second-order valence-electron chi connectivity index (χ2n) is 15.6. The van der Waals surface area contributed by atoms with Crippen molar-refractivity contribution in [2.75, 3.05) is 17.7 Å². The fourth-order valence-electron chi connectivity index (χ4n) is 10.4. The molecular formula is C39H50F2N6O2S2. The molecule has 2 aromatic rings. The maximum Gasteiger partial charge on any atom is 0.305 e. The molecule has 4 saturated carbocycles. The van der Waals surface area contributed by atoms with Crippen LogP contribution in [0.15, 0.2) is 58.7 Å². The van der Waals surface area contributed by atoms with E-state index in [1.807, 2.05) is 0 Å². The van der Waals surface area contributed by atoms with Crippen LogP contribution in [0.4, 0.5) is 20.2 Å². The highest BCUT2D eigenvalue weighted by molar-refractivity contribution is 7.80. The number of methoxy groups -OCH3 is 1. The number of benzene rings is 2. The van der Waals surface area contributed by atoms with Crippen LogP contribution in [0.1, 0.15) is 85.0 Å². The van der Waals surface area contributed by atoms with Crippen molar-refractivity contribution in [2.24, 2.45) is 56.5 Å². The number of nitrogens with zero attached hydrogens (tertiary/aromatic N) is 2. The van der Waals surface area contributed by atoms with Crippen molar-refractivity contribution in [3.63, 3.8) is 0 Å². The van der Waals surface area contributed by atoms with Crippen LogP contribution in [0.25, 0.3) is 0 Å². The predicted molar refractivity (Wildman–Crippen MR) is 207 cm³/mol. The molecule has 2 aromatic carbocycles. The molecule has 0 saturated heterocycles. The lowest BCUT2D eigenvalue weighted by atomic mass is 9.44. The third-order valence-corrected chi connectivity index (χ3v) is 13.3. The van der Waals surface area contributed by atoms with Crippen LogP contribution in [0.3, 0.4) is 0 Å². The van der Waals surface area contributed by atoms with Crippen LogP contribution in [0, 0.1) is 58.0 Å². The van der Waals surface area contributed by atoms with Gasteiger partial charge in [-0.3, -0.25) is 15.6 Å². The number of hydrazone groups is 2. The Morgan fingerprint density at radius 1 is 0.902 bits per heavy atom. The number of nitrogens with one attached hydrogen (secondary N) is 4. The van der Waals surface area contributed by atoms with Crippen LogP contribution >= 0.6 is 24.4 Å². The predicted octanol–water partition coefficient (Wildman–Crippen LogP) is 8.81. The van der Waals surface area contributed by atoms with Crippen LogP contribution in [-0.4, -0.2) is 34.7 Å². The fraction of sp³-hybridized carbons (Fsp3) is 0.564. The van der Waals surface area contributed by atoms with Gasteiger partial charge in [0, 0.05) is 35.1 Å². The molecule has 6 rings (SSSR count). The summed E-state index contributed by atoms with van der Waals surface area (Å²) in [4.78, 5) is 12.0. The number of halogens is 2. The molecule has 4 N–H and O–H groups in total. The van der Waals surface area contributed by atoms with Crippen molar-refractivity contribution in [3.8, 4) is 0 Å².